The second-order valence-corrected chi connectivity index (χ2v) is 10.6. The summed E-state index contributed by atoms with van der Waals surface area (Å²) in [6, 6.07) is 3.56. The highest BCUT2D eigenvalue weighted by Gasteiger charge is 2.52. The number of urea groups is 1. The lowest BCUT2D eigenvalue weighted by molar-refractivity contribution is -0.135. The number of hydrogen-bond donors (Lipinski definition) is 2. The van der Waals surface area contributed by atoms with Gasteiger partial charge in [-0.2, -0.15) is 0 Å². The molecule has 0 atom stereocenters. The Morgan fingerprint density at radius 3 is 2.90 bits per heavy atom. The SMILES string of the molecule is CC1CCC2(CC1)NC(=O)N(CC(=O)Nc1nnc(SCc3cccs3)s1)C2=O. The molecule has 1 aliphatic heterocycles. The molecule has 2 aliphatic rings. The van der Waals surface area contributed by atoms with Gasteiger partial charge in [-0.25, -0.2) is 4.79 Å². The van der Waals surface area contributed by atoms with E-state index in [1.54, 1.807) is 23.1 Å². The van der Waals surface area contributed by atoms with Gasteiger partial charge in [0.2, 0.25) is 11.0 Å². The van der Waals surface area contributed by atoms with E-state index in [1.165, 1.54) is 16.2 Å². The third-order valence-electron chi connectivity index (χ3n) is 5.25. The van der Waals surface area contributed by atoms with Crippen molar-refractivity contribution in [3.8, 4) is 0 Å². The van der Waals surface area contributed by atoms with E-state index in [-0.39, 0.29) is 12.5 Å². The quantitative estimate of drug-likeness (QED) is 0.397. The Balaban J connectivity index is 1.31. The van der Waals surface area contributed by atoms with Crippen LogP contribution in [0.5, 0.6) is 0 Å². The molecule has 0 unspecified atom stereocenters. The maximum absolute atomic E-state index is 12.8. The molecular weight excluding hydrogens is 430 g/mol. The number of thioether (sulfide) groups is 1. The van der Waals surface area contributed by atoms with E-state index in [4.69, 9.17) is 0 Å². The van der Waals surface area contributed by atoms with Crippen LogP contribution >= 0.6 is 34.4 Å². The van der Waals surface area contributed by atoms with Crippen LogP contribution in [0, 0.1) is 5.92 Å². The topological polar surface area (TPSA) is 104 Å². The van der Waals surface area contributed by atoms with Crippen LogP contribution in [0.3, 0.4) is 0 Å². The second kappa shape index (κ2) is 8.41. The molecule has 2 aromatic heterocycles. The van der Waals surface area contributed by atoms with Gasteiger partial charge in [0, 0.05) is 10.6 Å². The van der Waals surface area contributed by atoms with E-state index in [2.05, 4.69) is 33.8 Å². The van der Waals surface area contributed by atoms with Gasteiger partial charge in [-0.15, -0.1) is 21.5 Å². The predicted octanol–water partition coefficient (Wildman–Crippen LogP) is 3.33. The zero-order chi connectivity index (χ0) is 20.4. The molecule has 1 aliphatic carbocycles. The molecule has 2 N–H and O–H groups in total. The lowest BCUT2D eigenvalue weighted by Crippen LogP contribution is -2.49. The van der Waals surface area contributed by atoms with Crippen LogP contribution in [-0.2, 0) is 15.3 Å². The van der Waals surface area contributed by atoms with E-state index in [1.807, 2.05) is 11.4 Å². The fraction of sp³-hybridized carbons (Fsp3) is 0.500. The van der Waals surface area contributed by atoms with Crippen LogP contribution in [0.2, 0.25) is 0 Å². The Kier molecular flexibility index (Phi) is 5.88. The van der Waals surface area contributed by atoms with Gasteiger partial charge in [0.25, 0.3) is 5.91 Å². The van der Waals surface area contributed by atoms with Gasteiger partial charge in [0.15, 0.2) is 4.34 Å². The highest BCUT2D eigenvalue weighted by molar-refractivity contribution is 8.00. The Morgan fingerprint density at radius 1 is 1.38 bits per heavy atom. The smallest absolute Gasteiger partial charge is 0.323 e. The summed E-state index contributed by atoms with van der Waals surface area (Å²) >= 11 is 4.50. The van der Waals surface area contributed by atoms with Crippen molar-refractivity contribution in [1.82, 2.24) is 20.4 Å². The zero-order valence-corrected chi connectivity index (χ0v) is 18.3. The minimum absolute atomic E-state index is 0.297. The van der Waals surface area contributed by atoms with E-state index in [9.17, 15) is 14.4 Å². The third-order valence-corrected chi connectivity index (χ3v) is 8.33. The number of amides is 4. The average Bonchev–Trinajstić information content (AvgIpc) is 3.41. The lowest BCUT2D eigenvalue weighted by Gasteiger charge is -2.33. The van der Waals surface area contributed by atoms with Crippen molar-refractivity contribution < 1.29 is 14.4 Å². The molecule has 2 fully saturated rings. The summed E-state index contributed by atoms with van der Waals surface area (Å²) in [7, 11) is 0. The summed E-state index contributed by atoms with van der Waals surface area (Å²) in [6.45, 7) is 1.83. The summed E-state index contributed by atoms with van der Waals surface area (Å²) in [5, 5.41) is 15.9. The molecule has 154 valence electrons. The van der Waals surface area contributed by atoms with Gasteiger partial charge in [0.1, 0.15) is 12.1 Å². The monoisotopic (exact) mass is 451 g/mol. The molecule has 1 spiro atoms. The molecule has 4 rings (SSSR count). The first-order chi connectivity index (χ1) is 13.9. The lowest BCUT2D eigenvalue weighted by atomic mass is 9.77. The van der Waals surface area contributed by atoms with Crippen LogP contribution in [0.15, 0.2) is 21.9 Å². The molecule has 4 amide bonds. The molecule has 3 heterocycles. The summed E-state index contributed by atoms with van der Waals surface area (Å²) in [5.41, 5.74) is -0.835. The van der Waals surface area contributed by atoms with E-state index < -0.39 is 17.5 Å². The number of nitrogens with one attached hydrogen (secondary N) is 2. The average molecular weight is 452 g/mol. The Labute approximate surface area is 180 Å². The van der Waals surface area contributed by atoms with Crippen LogP contribution in [0.4, 0.5) is 9.93 Å². The Bertz CT molecular complexity index is 906. The number of aromatic nitrogens is 2. The number of rotatable bonds is 6. The molecule has 0 aromatic carbocycles. The number of thiophene rings is 1. The van der Waals surface area contributed by atoms with Gasteiger partial charge in [-0.1, -0.05) is 36.1 Å². The highest BCUT2D eigenvalue weighted by atomic mass is 32.2. The number of anilines is 1. The molecule has 8 nitrogen and oxygen atoms in total. The molecular formula is C18H21N5O3S3. The minimum atomic E-state index is -0.835. The molecule has 0 bridgehead atoms. The predicted molar refractivity (Wildman–Crippen MR) is 113 cm³/mol. The molecule has 11 heteroatoms. The van der Waals surface area contributed by atoms with Crippen LogP contribution in [0.25, 0.3) is 0 Å². The van der Waals surface area contributed by atoms with E-state index in [0.29, 0.717) is 23.9 Å². The fourth-order valence-electron chi connectivity index (χ4n) is 3.56. The van der Waals surface area contributed by atoms with Gasteiger partial charge in [-0.05, 0) is 43.0 Å². The summed E-state index contributed by atoms with van der Waals surface area (Å²) < 4.78 is 0.749. The fourth-order valence-corrected chi connectivity index (χ4v) is 6.10. The highest BCUT2D eigenvalue weighted by Crippen LogP contribution is 2.36. The van der Waals surface area contributed by atoms with Crippen molar-refractivity contribution in [2.24, 2.45) is 5.92 Å². The number of nitrogens with zero attached hydrogens (tertiary/aromatic N) is 3. The number of carbonyl (C=O) groups is 3. The van der Waals surface area contributed by atoms with E-state index >= 15 is 0 Å². The van der Waals surface area contributed by atoms with Gasteiger partial charge >= 0.3 is 6.03 Å². The first-order valence-corrected chi connectivity index (χ1v) is 12.1. The zero-order valence-electron chi connectivity index (χ0n) is 15.8. The Hall–Kier alpha value is -1.98. The van der Waals surface area contributed by atoms with Crippen molar-refractivity contribution in [1.29, 1.82) is 0 Å². The normalized spacial score (nSPS) is 24.2. The standard InChI is InChI=1S/C18H21N5O3S3/c1-11-4-6-18(7-5-11)14(25)23(16(26)20-18)9-13(24)19-15-21-22-17(29-15)28-10-12-3-2-8-27-12/h2-3,8,11H,4-7,9-10H2,1H3,(H,20,26)(H,19,21,24). The van der Waals surface area contributed by atoms with Gasteiger partial charge in [-0.3, -0.25) is 19.8 Å². The van der Waals surface area contributed by atoms with Crippen LogP contribution < -0.4 is 10.6 Å². The van der Waals surface area contributed by atoms with E-state index in [0.717, 1.165) is 27.8 Å². The van der Waals surface area contributed by atoms with Crippen molar-refractivity contribution in [3.05, 3.63) is 22.4 Å². The largest absolute Gasteiger partial charge is 0.325 e. The van der Waals surface area contributed by atoms with Crippen molar-refractivity contribution in [2.45, 2.75) is 48.2 Å². The molecule has 2 aromatic rings. The summed E-state index contributed by atoms with van der Waals surface area (Å²) in [4.78, 5) is 39.8. The van der Waals surface area contributed by atoms with Crippen molar-refractivity contribution in [2.75, 3.05) is 11.9 Å². The first kappa shape index (κ1) is 20.3. The number of imide groups is 1. The van der Waals surface area contributed by atoms with Crippen molar-refractivity contribution in [3.63, 3.8) is 0 Å². The Morgan fingerprint density at radius 2 is 2.17 bits per heavy atom. The maximum atomic E-state index is 12.8. The van der Waals surface area contributed by atoms with Crippen molar-refractivity contribution >= 4 is 57.4 Å². The second-order valence-electron chi connectivity index (χ2n) is 7.38. The van der Waals surface area contributed by atoms with Crippen LogP contribution in [0.1, 0.15) is 37.5 Å². The number of carbonyl (C=O) groups excluding carboxylic acids is 3. The summed E-state index contributed by atoms with van der Waals surface area (Å²) in [5.74, 6) is 0.588. The molecule has 1 saturated carbocycles. The molecule has 29 heavy (non-hydrogen) atoms. The minimum Gasteiger partial charge on any atom is -0.323 e. The van der Waals surface area contributed by atoms with Gasteiger partial charge in [0.05, 0.1) is 0 Å². The molecule has 1 saturated heterocycles. The van der Waals surface area contributed by atoms with Gasteiger partial charge < -0.3 is 5.32 Å². The third kappa shape index (κ3) is 4.46. The number of hydrogen-bond acceptors (Lipinski definition) is 8. The maximum Gasteiger partial charge on any atom is 0.325 e. The molecule has 0 radical (unpaired) electrons. The first-order valence-electron chi connectivity index (χ1n) is 9.38. The van der Waals surface area contributed by atoms with Crippen LogP contribution in [-0.4, -0.2) is 45.0 Å². The summed E-state index contributed by atoms with van der Waals surface area (Å²) in [6.07, 6.45) is 3.03.